The van der Waals surface area contributed by atoms with Gasteiger partial charge in [0.25, 0.3) is 10.0 Å². The Hall–Kier alpha value is -2.54. The summed E-state index contributed by atoms with van der Waals surface area (Å²) in [5.41, 5.74) is -2.07. The van der Waals surface area contributed by atoms with E-state index in [1.165, 1.54) is 39.7 Å². The van der Waals surface area contributed by atoms with E-state index >= 15 is 0 Å². The van der Waals surface area contributed by atoms with Gasteiger partial charge in [0.2, 0.25) is 5.91 Å². The fourth-order valence-electron chi connectivity index (χ4n) is 6.90. The number of esters is 1. The lowest BCUT2D eigenvalue weighted by Gasteiger charge is -2.66. The highest BCUT2D eigenvalue weighted by atomic mass is 32.2. The molecule has 4 fully saturated rings. The maximum Gasteiger partial charge on any atom is 0.316 e. The molecule has 1 amide bonds. The van der Waals surface area contributed by atoms with E-state index in [1.807, 2.05) is 26.6 Å². The van der Waals surface area contributed by atoms with Gasteiger partial charge >= 0.3 is 5.97 Å². The topological polar surface area (TPSA) is 126 Å². The van der Waals surface area contributed by atoms with E-state index in [0.717, 1.165) is 9.87 Å². The van der Waals surface area contributed by atoms with E-state index < -0.39 is 65.2 Å². The average Bonchev–Trinajstić information content (AvgIpc) is 2.85. The van der Waals surface area contributed by atoms with Crippen molar-refractivity contribution in [3.05, 3.63) is 42.2 Å². The van der Waals surface area contributed by atoms with Crippen molar-refractivity contribution in [1.29, 1.82) is 0 Å². The second-order valence-electron chi connectivity index (χ2n) is 11.6. The van der Waals surface area contributed by atoms with Crippen molar-refractivity contribution < 1.29 is 41.4 Å². The van der Waals surface area contributed by atoms with Crippen LogP contribution in [0.25, 0.3) is 0 Å². The molecule has 0 spiro atoms. The van der Waals surface area contributed by atoms with E-state index in [4.69, 9.17) is 18.6 Å². The summed E-state index contributed by atoms with van der Waals surface area (Å²) >= 11 is 0. The van der Waals surface area contributed by atoms with E-state index in [-0.39, 0.29) is 29.9 Å². The van der Waals surface area contributed by atoms with Crippen molar-refractivity contribution in [2.24, 2.45) is 17.3 Å². The number of benzene rings is 1. The summed E-state index contributed by atoms with van der Waals surface area (Å²) in [6, 6.07) is 4.94. The second kappa shape index (κ2) is 10.1. The number of sulfonamides is 1. The number of ketones is 1. The number of piperidine rings is 2. The van der Waals surface area contributed by atoms with Crippen molar-refractivity contribution in [3.63, 3.8) is 0 Å². The van der Waals surface area contributed by atoms with Crippen molar-refractivity contribution in [2.45, 2.75) is 68.5 Å². The molecule has 12 heteroatoms. The Kier molecular flexibility index (Phi) is 7.65. The zero-order valence-electron chi connectivity index (χ0n) is 23.4. The van der Waals surface area contributed by atoms with E-state index in [2.05, 4.69) is 0 Å². The molecule has 0 aromatic heterocycles. The molecular formula is C27H37NO9SSi. The average molecular weight is 580 g/mol. The number of methoxy groups -OCH3 is 3. The van der Waals surface area contributed by atoms with Gasteiger partial charge in [-0.05, 0) is 44.8 Å². The smallest absolute Gasteiger partial charge is 0.316 e. The highest BCUT2D eigenvalue weighted by Crippen LogP contribution is 2.64. The molecule has 4 aliphatic rings. The molecule has 5 rings (SSSR count). The maximum atomic E-state index is 14.5. The lowest BCUT2D eigenvalue weighted by molar-refractivity contribution is -0.228. The number of carbonyl (C=O) groups is 3. The van der Waals surface area contributed by atoms with E-state index in [1.54, 1.807) is 18.2 Å². The molecule has 6 atom stereocenters. The summed E-state index contributed by atoms with van der Waals surface area (Å²) in [5.74, 6) is -3.72. The van der Waals surface area contributed by atoms with Gasteiger partial charge in [-0.25, -0.2) is 12.7 Å². The first-order chi connectivity index (χ1) is 18.2. The van der Waals surface area contributed by atoms with Crippen LogP contribution in [0.2, 0.25) is 19.6 Å². The number of nitrogens with zero attached hydrogens (tertiary/aromatic N) is 1. The molecule has 39 heavy (non-hydrogen) atoms. The Morgan fingerprint density at radius 3 is 2.26 bits per heavy atom. The van der Waals surface area contributed by atoms with Crippen LogP contribution >= 0.6 is 0 Å². The monoisotopic (exact) mass is 579 g/mol. The van der Waals surface area contributed by atoms with Crippen LogP contribution < -0.4 is 0 Å². The third kappa shape index (κ3) is 4.54. The Bertz CT molecular complexity index is 1290. The van der Waals surface area contributed by atoms with Crippen molar-refractivity contribution in [3.8, 4) is 0 Å². The third-order valence-corrected chi connectivity index (χ3v) is 11.0. The van der Waals surface area contributed by atoms with Crippen LogP contribution in [0.1, 0.15) is 24.8 Å². The van der Waals surface area contributed by atoms with Gasteiger partial charge in [0.15, 0.2) is 8.32 Å². The van der Waals surface area contributed by atoms with Crippen LogP contribution in [0.4, 0.5) is 0 Å². The first-order valence-electron chi connectivity index (χ1n) is 12.9. The standard InChI is InChI=1S/C27H37NO9SSi/c1-17-8-10-19(11-9-17)38(32,33)28-21-16-26(12-13-34-2,37-39(5,6)7)23(24(28)30)20-14-18(29)15-22(35-3)27(20,21)25(31)36-4/h8-13,20-23H,14-16H2,1-7H3/b13-12+/t20-,21+,22?,23-,26+,27+/m0/s1. The molecule has 1 unspecified atom stereocenters. The molecule has 2 saturated heterocycles. The minimum absolute atomic E-state index is 0.0295. The van der Waals surface area contributed by atoms with Gasteiger partial charge in [0.05, 0.1) is 49.0 Å². The van der Waals surface area contributed by atoms with Gasteiger partial charge in [-0.2, -0.15) is 0 Å². The van der Waals surface area contributed by atoms with Crippen LogP contribution in [0.3, 0.4) is 0 Å². The van der Waals surface area contributed by atoms with Gasteiger partial charge in [0, 0.05) is 32.3 Å². The zero-order chi connectivity index (χ0) is 29.0. The molecule has 2 aliphatic heterocycles. The Balaban J connectivity index is 2.04. The predicted molar refractivity (Wildman–Crippen MR) is 143 cm³/mol. The number of aryl methyl sites for hydroxylation is 1. The molecule has 2 saturated carbocycles. The SMILES string of the molecule is CO/C=C/[C@@]1(O[Si](C)(C)C)C[C@H]2N(S(=O)(=O)c3ccc(C)cc3)C(=O)[C@@H]1[C@@H]1CC(=O)CC(OC)[C@@]12C(=O)OC. The van der Waals surface area contributed by atoms with Crippen LogP contribution in [0, 0.1) is 24.2 Å². The summed E-state index contributed by atoms with van der Waals surface area (Å²) in [6.07, 6.45) is 1.80. The Morgan fingerprint density at radius 2 is 1.72 bits per heavy atom. The summed E-state index contributed by atoms with van der Waals surface area (Å²) < 4.78 is 52.1. The number of hydrogen-bond acceptors (Lipinski definition) is 9. The minimum atomic E-state index is -4.41. The van der Waals surface area contributed by atoms with Crippen LogP contribution in [0.15, 0.2) is 41.5 Å². The number of amides is 1. The summed E-state index contributed by atoms with van der Waals surface area (Å²) in [6.45, 7) is 7.70. The number of ether oxygens (including phenoxy) is 3. The molecule has 1 aromatic carbocycles. The molecule has 10 nitrogen and oxygen atoms in total. The van der Waals surface area contributed by atoms with Crippen LogP contribution in [-0.2, 0) is 43.0 Å². The highest BCUT2D eigenvalue weighted by Gasteiger charge is 2.77. The largest absolute Gasteiger partial charge is 0.505 e. The van der Waals surface area contributed by atoms with Gasteiger partial charge in [-0.3, -0.25) is 14.4 Å². The highest BCUT2D eigenvalue weighted by molar-refractivity contribution is 7.89. The maximum absolute atomic E-state index is 14.5. The molecule has 214 valence electrons. The summed E-state index contributed by atoms with van der Waals surface area (Å²) in [4.78, 5) is 41.2. The van der Waals surface area contributed by atoms with Crippen LogP contribution in [0.5, 0.6) is 0 Å². The lowest BCUT2D eigenvalue weighted by Crippen LogP contribution is -2.80. The van der Waals surface area contributed by atoms with Gasteiger partial charge < -0.3 is 18.6 Å². The molecule has 2 aliphatic carbocycles. The first-order valence-corrected chi connectivity index (χ1v) is 17.7. The van der Waals surface area contributed by atoms with Crippen molar-refractivity contribution >= 4 is 36.0 Å². The molecule has 2 bridgehead atoms. The van der Waals surface area contributed by atoms with E-state index in [9.17, 15) is 22.8 Å². The van der Waals surface area contributed by atoms with Crippen molar-refractivity contribution in [2.75, 3.05) is 21.3 Å². The summed E-state index contributed by atoms with van der Waals surface area (Å²) in [5, 5.41) is 0. The molecule has 1 aromatic rings. The second-order valence-corrected chi connectivity index (χ2v) is 17.8. The Labute approximate surface area is 230 Å². The molecule has 0 N–H and O–H groups in total. The van der Waals surface area contributed by atoms with Crippen molar-refractivity contribution in [1.82, 2.24) is 4.31 Å². The molecular weight excluding hydrogens is 542 g/mol. The fourth-order valence-corrected chi connectivity index (χ4v) is 9.96. The Morgan fingerprint density at radius 1 is 1.08 bits per heavy atom. The summed E-state index contributed by atoms with van der Waals surface area (Å²) in [7, 11) is -2.75. The fraction of sp³-hybridized carbons (Fsp3) is 0.593. The number of fused-ring (bicyclic) bond motifs is 2. The lowest BCUT2D eigenvalue weighted by atomic mass is 9.46. The normalized spacial score (nSPS) is 32.8. The van der Waals surface area contributed by atoms with Gasteiger partial charge in [0.1, 0.15) is 11.2 Å². The minimum Gasteiger partial charge on any atom is -0.505 e. The third-order valence-electron chi connectivity index (χ3n) is 8.15. The first kappa shape index (κ1) is 29.4. The number of Topliss-reactive ketones (excluding diaryl/α,β-unsaturated/α-hetero) is 1. The predicted octanol–water partition coefficient (Wildman–Crippen LogP) is 2.82. The van der Waals surface area contributed by atoms with Gasteiger partial charge in [-0.1, -0.05) is 17.7 Å². The molecule has 0 radical (unpaired) electrons. The zero-order valence-corrected chi connectivity index (χ0v) is 25.2. The van der Waals surface area contributed by atoms with Crippen LogP contribution in [-0.4, -0.2) is 77.8 Å². The van der Waals surface area contributed by atoms with Gasteiger partial charge in [-0.15, -0.1) is 0 Å². The number of hydrogen-bond donors (Lipinski definition) is 0. The number of carbonyl (C=O) groups excluding carboxylic acids is 3. The van der Waals surface area contributed by atoms with E-state index in [0.29, 0.717) is 0 Å². The molecule has 2 heterocycles. The quantitative estimate of drug-likeness (QED) is 0.260. The number of rotatable bonds is 8.